The van der Waals surface area contributed by atoms with Crippen molar-refractivity contribution in [3.63, 3.8) is 0 Å². The Kier molecular flexibility index (Phi) is 8.41. The van der Waals surface area contributed by atoms with Gasteiger partial charge < -0.3 is 10.6 Å². The zero-order valence-electron chi connectivity index (χ0n) is 18.6. The van der Waals surface area contributed by atoms with Gasteiger partial charge in [-0.25, -0.2) is 0 Å². The lowest BCUT2D eigenvalue weighted by Crippen LogP contribution is -2.33. The van der Waals surface area contributed by atoms with Crippen LogP contribution in [-0.4, -0.2) is 75.6 Å². The van der Waals surface area contributed by atoms with Gasteiger partial charge in [-0.15, -0.1) is 20.4 Å². The summed E-state index contributed by atoms with van der Waals surface area (Å²) in [5.74, 6) is -1.61. The molecule has 0 unspecified atom stereocenters. The Morgan fingerprint density at radius 3 is 1.47 bits per heavy atom. The van der Waals surface area contributed by atoms with Crippen LogP contribution in [-0.2, 0) is 19.2 Å². The molecule has 0 spiro atoms. The van der Waals surface area contributed by atoms with E-state index in [0.29, 0.717) is 20.3 Å². The second-order valence-electron chi connectivity index (χ2n) is 7.16. The minimum absolute atomic E-state index is 0.0113. The maximum absolute atomic E-state index is 13.0. The van der Waals surface area contributed by atoms with Crippen molar-refractivity contribution >= 4 is 113 Å². The van der Waals surface area contributed by atoms with Gasteiger partial charge in [-0.05, 0) is 13.8 Å². The maximum Gasteiger partial charge on any atom is 0.267 e. The van der Waals surface area contributed by atoms with Crippen LogP contribution in [0.4, 0.5) is 10.3 Å². The number of thiocarbonyl (C=S) groups is 2. The summed E-state index contributed by atoms with van der Waals surface area (Å²) in [5, 5.41) is 22.8. The number of aryl methyl sites for hydroxylation is 2. The van der Waals surface area contributed by atoms with E-state index in [9.17, 15) is 19.2 Å². The predicted octanol–water partition coefficient (Wildman–Crippen LogP) is 2.30. The smallest absolute Gasteiger partial charge is 0.267 e. The van der Waals surface area contributed by atoms with Gasteiger partial charge >= 0.3 is 0 Å². The van der Waals surface area contributed by atoms with Crippen LogP contribution in [0.3, 0.4) is 0 Å². The van der Waals surface area contributed by atoms with E-state index < -0.39 is 11.8 Å². The van der Waals surface area contributed by atoms with Crippen LogP contribution < -0.4 is 10.6 Å². The van der Waals surface area contributed by atoms with E-state index in [1.165, 1.54) is 32.5 Å². The molecular formula is C18H16N8O4S6. The second-order valence-corrected chi connectivity index (χ2v) is 12.8. The van der Waals surface area contributed by atoms with Crippen LogP contribution in [0, 0.1) is 13.8 Å². The third kappa shape index (κ3) is 6.12. The Morgan fingerprint density at radius 2 is 1.14 bits per heavy atom. The third-order valence-electron chi connectivity index (χ3n) is 4.57. The molecule has 36 heavy (non-hydrogen) atoms. The molecule has 188 valence electrons. The van der Waals surface area contributed by atoms with Crippen LogP contribution in [0.15, 0.2) is 9.81 Å². The summed E-state index contributed by atoms with van der Waals surface area (Å²) >= 11 is 15.1. The fourth-order valence-electron chi connectivity index (χ4n) is 2.94. The topological polar surface area (TPSA) is 150 Å². The van der Waals surface area contributed by atoms with Gasteiger partial charge in [0.15, 0.2) is 0 Å². The lowest BCUT2D eigenvalue weighted by Gasteiger charge is -2.14. The number of carbonyl (C=O) groups excluding carboxylic acids is 4. The van der Waals surface area contributed by atoms with Crippen molar-refractivity contribution in [3.05, 3.63) is 19.8 Å². The van der Waals surface area contributed by atoms with Gasteiger partial charge in [0.05, 0.1) is 9.81 Å². The normalized spacial score (nSPS) is 17.9. The highest BCUT2D eigenvalue weighted by Gasteiger charge is 2.42. The van der Waals surface area contributed by atoms with Crippen molar-refractivity contribution in [2.75, 3.05) is 23.7 Å². The summed E-state index contributed by atoms with van der Waals surface area (Å²) in [6.07, 6.45) is -0.0227. The van der Waals surface area contributed by atoms with E-state index in [4.69, 9.17) is 24.4 Å². The van der Waals surface area contributed by atoms with Crippen LogP contribution in [0.5, 0.6) is 0 Å². The molecule has 2 aromatic rings. The summed E-state index contributed by atoms with van der Waals surface area (Å²) in [4.78, 5) is 53.3. The van der Waals surface area contributed by atoms with Gasteiger partial charge in [0.2, 0.25) is 22.1 Å². The summed E-state index contributed by atoms with van der Waals surface area (Å²) in [7, 11) is 0. The number of nitrogens with one attached hydrogen (secondary N) is 2. The van der Waals surface area contributed by atoms with E-state index in [1.807, 2.05) is 0 Å². The number of amides is 4. The summed E-state index contributed by atoms with van der Waals surface area (Å²) < 4.78 is 0.484. The molecule has 18 heteroatoms. The van der Waals surface area contributed by atoms with E-state index in [2.05, 4.69) is 31.0 Å². The molecule has 4 rings (SSSR count). The molecule has 0 atom stereocenters. The molecule has 0 aliphatic carbocycles. The summed E-state index contributed by atoms with van der Waals surface area (Å²) in [6, 6.07) is 0. The average Bonchev–Trinajstić information content (AvgIpc) is 3.55. The zero-order valence-corrected chi connectivity index (χ0v) is 23.5. The average molecular weight is 601 g/mol. The van der Waals surface area contributed by atoms with Gasteiger partial charge in [-0.3, -0.25) is 29.0 Å². The first-order valence-corrected chi connectivity index (χ1v) is 14.2. The lowest BCUT2D eigenvalue weighted by molar-refractivity contribution is -0.125. The number of nitrogens with zero attached hydrogens (tertiary/aromatic N) is 6. The molecule has 0 saturated carbocycles. The van der Waals surface area contributed by atoms with E-state index >= 15 is 0 Å². The van der Waals surface area contributed by atoms with Crippen LogP contribution in [0.25, 0.3) is 0 Å². The van der Waals surface area contributed by atoms with E-state index in [-0.39, 0.29) is 56.2 Å². The summed E-state index contributed by atoms with van der Waals surface area (Å²) in [6.45, 7) is 3.63. The van der Waals surface area contributed by atoms with Crippen molar-refractivity contribution in [2.45, 2.75) is 26.7 Å². The molecule has 2 aromatic heterocycles. The van der Waals surface area contributed by atoms with Crippen molar-refractivity contribution in [1.29, 1.82) is 0 Å². The lowest BCUT2D eigenvalue weighted by atomic mass is 10.3. The highest BCUT2D eigenvalue weighted by Crippen LogP contribution is 2.42. The van der Waals surface area contributed by atoms with Crippen molar-refractivity contribution in [2.24, 2.45) is 0 Å². The van der Waals surface area contributed by atoms with Crippen molar-refractivity contribution in [1.82, 2.24) is 30.2 Å². The quantitative estimate of drug-likeness (QED) is 0.338. The number of hydrogen-bond donors (Lipinski definition) is 2. The molecule has 2 N–H and O–H groups in total. The summed E-state index contributed by atoms with van der Waals surface area (Å²) in [5.41, 5.74) is 0. The SMILES string of the molecule is Cc1nnc(NC(=O)CCN2C(=O)C(=C3SC(=S)N(CCC(=O)Nc4nnc(C)s4)C3=O)SC2=S)s1. The van der Waals surface area contributed by atoms with Crippen LogP contribution >= 0.6 is 70.6 Å². The number of carbonyl (C=O) groups is 4. The first-order valence-electron chi connectivity index (χ1n) is 10.1. The minimum atomic E-state index is -0.463. The minimum Gasteiger partial charge on any atom is -0.300 e. The number of rotatable bonds is 8. The molecule has 2 aliphatic rings. The molecule has 0 bridgehead atoms. The Bertz CT molecular complexity index is 1220. The Morgan fingerprint density at radius 1 is 0.750 bits per heavy atom. The first-order chi connectivity index (χ1) is 17.1. The standard InChI is InChI=1S/C18H16N8O4S6/c1-7-21-23-15(33-7)19-9(27)3-5-25-13(29)11(35-17(25)31)12-14(30)26(18(32)36-12)6-4-10(28)20-16-24-22-8(2)34-16/h3-6H2,1-2H3,(H,19,23,27)(H,20,24,28). The fraction of sp³-hybridized carbons (Fsp3) is 0.333. The van der Waals surface area contributed by atoms with Gasteiger partial charge in [0.25, 0.3) is 11.8 Å². The van der Waals surface area contributed by atoms with Gasteiger partial charge in [0.1, 0.15) is 18.7 Å². The number of aromatic nitrogens is 4. The zero-order chi connectivity index (χ0) is 26.0. The predicted molar refractivity (Wildman–Crippen MR) is 147 cm³/mol. The third-order valence-corrected chi connectivity index (χ3v) is 9.11. The molecule has 0 radical (unpaired) electrons. The monoisotopic (exact) mass is 600 g/mol. The fourth-order valence-corrected chi connectivity index (χ4v) is 6.93. The largest absolute Gasteiger partial charge is 0.300 e. The highest BCUT2D eigenvalue weighted by atomic mass is 32.2. The van der Waals surface area contributed by atoms with E-state index in [0.717, 1.165) is 23.5 Å². The van der Waals surface area contributed by atoms with Crippen molar-refractivity contribution < 1.29 is 19.2 Å². The second kappa shape index (κ2) is 11.3. The molecule has 4 amide bonds. The van der Waals surface area contributed by atoms with Crippen molar-refractivity contribution in [3.8, 4) is 0 Å². The molecule has 0 aromatic carbocycles. The molecule has 2 fully saturated rings. The Balaban J connectivity index is 1.34. The number of anilines is 2. The number of hydrogen-bond acceptors (Lipinski definition) is 14. The number of thioether (sulfide) groups is 2. The van der Waals surface area contributed by atoms with E-state index in [1.54, 1.807) is 13.8 Å². The Hall–Kier alpha value is -2.38. The van der Waals surface area contributed by atoms with Gasteiger partial charge in [0, 0.05) is 25.9 Å². The molecule has 2 aliphatic heterocycles. The van der Waals surface area contributed by atoms with Crippen LogP contribution in [0.1, 0.15) is 22.9 Å². The Labute approximate surface area is 231 Å². The van der Waals surface area contributed by atoms with Gasteiger partial charge in [-0.2, -0.15) is 0 Å². The highest BCUT2D eigenvalue weighted by molar-refractivity contribution is 8.29. The molecule has 4 heterocycles. The maximum atomic E-state index is 13.0. The van der Waals surface area contributed by atoms with Gasteiger partial charge in [-0.1, -0.05) is 70.6 Å². The molecular weight excluding hydrogens is 585 g/mol. The molecule has 12 nitrogen and oxygen atoms in total. The first kappa shape index (κ1) is 26.7. The molecule has 2 saturated heterocycles. The van der Waals surface area contributed by atoms with Crippen LogP contribution in [0.2, 0.25) is 0 Å².